The SMILES string of the molecule is Cc1nc2cccc(OCC(C)NC(=O)c3ccncc3)c2c(N)c1C(=O)O. The van der Waals surface area contributed by atoms with Crippen molar-refractivity contribution < 1.29 is 19.4 Å². The van der Waals surface area contributed by atoms with Crippen molar-refractivity contribution in [3.8, 4) is 5.75 Å². The van der Waals surface area contributed by atoms with E-state index in [1.807, 2.05) is 0 Å². The normalized spacial score (nSPS) is 11.8. The van der Waals surface area contributed by atoms with E-state index in [4.69, 9.17) is 10.5 Å². The molecule has 8 nitrogen and oxygen atoms in total. The van der Waals surface area contributed by atoms with Gasteiger partial charge < -0.3 is 20.9 Å². The van der Waals surface area contributed by atoms with Crippen molar-refractivity contribution in [2.24, 2.45) is 0 Å². The molecule has 0 fully saturated rings. The second kappa shape index (κ2) is 7.91. The van der Waals surface area contributed by atoms with Crippen molar-refractivity contribution in [1.29, 1.82) is 0 Å². The van der Waals surface area contributed by atoms with Gasteiger partial charge in [0.2, 0.25) is 0 Å². The number of hydrogen-bond acceptors (Lipinski definition) is 6. The van der Waals surface area contributed by atoms with E-state index >= 15 is 0 Å². The van der Waals surface area contributed by atoms with Crippen molar-refractivity contribution in [3.05, 3.63) is 59.5 Å². The molecule has 0 aliphatic heterocycles. The number of amides is 1. The second-order valence-corrected chi connectivity index (χ2v) is 6.36. The highest BCUT2D eigenvalue weighted by Crippen LogP contribution is 2.33. The molecule has 0 saturated heterocycles. The van der Waals surface area contributed by atoms with Gasteiger partial charge in [0.05, 0.1) is 28.3 Å². The minimum absolute atomic E-state index is 0.0393. The molecule has 0 spiro atoms. The molecule has 0 radical (unpaired) electrons. The number of nitrogens with one attached hydrogen (secondary N) is 1. The van der Waals surface area contributed by atoms with Gasteiger partial charge in [0, 0.05) is 18.0 Å². The molecule has 28 heavy (non-hydrogen) atoms. The molecule has 1 aromatic carbocycles. The Labute approximate surface area is 161 Å². The third-order valence-electron chi connectivity index (χ3n) is 4.22. The third kappa shape index (κ3) is 3.85. The van der Waals surface area contributed by atoms with Gasteiger partial charge in [0.1, 0.15) is 17.9 Å². The largest absolute Gasteiger partial charge is 0.491 e. The summed E-state index contributed by atoms with van der Waals surface area (Å²) in [7, 11) is 0. The number of carboxylic acids is 1. The molecule has 4 N–H and O–H groups in total. The Morgan fingerprint density at radius 2 is 1.96 bits per heavy atom. The zero-order valence-corrected chi connectivity index (χ0v) is 15.5. The van der Waals surface area contributed by atoms with Crippen LogP contribution in [0.1, 0.15) is 33.3 Å². The van der Waals surface area contributed by atoms with Crippen LogP contribution in [0, 0.1) is 6.92 Å². The number of nitrogens with two attached hydrogens (primary N) is 1. The Kier molecular flexibility index (Phi) is 5.39. The number of ether oxygens (including phenoxy) is 1. The number of aromatic carboxylic acids is 1. The number of carboxylic acid groups (broad SMARTS) is 1. The van der Waals surface area contributed by atoms with Crippen LogP contribution in [0.4, 0.5) is 5.69 Å². The van der Waals surface area contributed by atoms with E-state index in [1.165, 1.54) is 0 Å². The minimum Gasteiger partial charge on any atom is -0.491 e. The molecule has 3 aromatic rings. The van der Waals surface area contributed by atoms with Crippen LogP contribution in [0.2, 0.25) is 0 Å². The molecule has 1 unspecified atom stereocenters. The Bertz CT molecular complexity index is 1040. The minimum atomic E-state index is -1.14. The highest BCUT2D eigenvalue weighted by atomic mass is 16.5. The molecular weight excluding hydrogens is 360 g/mol. The number of carbonyl (C=O) groups excluding carboxylic acids is 1. The number of carbonyl (C=O) groups is 2. The summed E-state index contributed by atoms with van der Waals surface area (Å²) in [4.78, 5) is 31.9. The van der Waals surface area contributed by atoms with Crippen LogP contribution in [-0.4, -0.2) is 39.6 Å². The molecule has 0 aliphatic rings. The molecule has 0 aliphatic carbocycles. The number of rotatable bonds is 6. The van der Waals surface area contributed by atoms with Crippen molar-refractivity contribution in [2.45, 2.75) is 19.9 Å². The van der Waals surface area contributed by atoms with Crippen LogP contribution >= 0.6 is 0 Å². The van der Waals surface area contributed by atoms with Crippen LogP contribution in [0.3, 0.4) is 0 Å². The number of nitrogens with zero attached hydrogens (tertiary/aromatic N) is 2. The molecule has 1 amide bonds. The monoisotopic (exact) mass is 380 g/mol. The summed E-state index contributed by atoms with van der Waals surface area (Å²) < 4.78 is 5.83. The average molecular weight is 380 g/mol. The first kappa shape index (κ1) is 19.1. The van der Waals surface area contributed by atoms with Crippen molar-refractivity contribution in [3.63, 3.8) is 0 Å². The molecular formula is C20H20N4O4. The van der Waals surface area contributed by atoms with E-state index in [9.17, 15) is 14.7 Å². The lowest BCUT2D eigenvalue weighted by Gasteiger charge is -2.17. The first-order chi connectivity index (χ1) is 13.4. The van der Waals surface area contributed by atoms with Gasteiger partial charge in [-0.05, 0) is 38.1 Å². The number of fused-ring (bicyclic) bond motifs is 1. The maximum absolute atomic E-state index is 12.2. The van der Waals surface area contributed by atoms with Crippen molar-refractivity contribution in [1.82, 2.24) is 15.3 Å². The second-order valence-electron chi connectivity index (χ2n) is 6.36. The number of hydrogen-bond donors (Lipinski definition) is 3. The lowest BCUT2D eigenvalue weighted by molar-refractivity contribution is 0.0696. The summed E-state index contributed by atoms with van der Waals surface area (Å²) in [6.07, 6.45) is 3.09. The van der Waals surface area contributed by atoms with Gasteiger partial charge in [-0.3, -0.25) is 14.8 Å². The first-order valence-corrected chi connectivity index (χ1v) is 8.64. The van der Waals surface area contributed by atoms with Gasteiger partial charge in [-0.1, -0.05) is 6.07 Å². The van der Waals surface area contributed by atoms with Gasteiger partial charge in [-0.25, -0.2) is 4.79 Å². The van der Waals surface area contributed by atoms with Crippen LogP contribution in [0.25, 0.3) is 10.9 Å². The van der Waals surface area contributed by atoms with E-state index in [-0.39, 0.29) is 29.8 Å². The zero-order valence-electron chi connectivity index (χ0n) is 15.5. The topological polar surface area (TPSA) is 127 Å². The number of aryl methyl sites for hydroxylation is 1. The maximum Gasteiger partial charge on any atom is 0.339 e. The average Bonchev–Trinajstić information content (AvgIpc) is 2.66. The first-order valence-electron chi connectivity index (χ1n) is 8.64. The van der Waals surface area contributed by atoms with Gasteiger partial charge in [-0.2, -0.15) is 0 Å². The predicted octanol–water partition coefficient (Wildman–Crippen LogP) is 2.42. The number of anilines is 1. The molecule has 144 valence electrons. The Morgan fingerprint density at radius 3 is 2.64 bits per heavy atom. The molecule has 0 saturated carbocycles. The van der Waals surface area contributed by atoms with Gasteiger partial charge in [0.25, 0.3) is 5.91 Å². The number of aromatic nitrogens is 2. The third-order valence-corrected chi connectivity index (χ3v) is 4.22. The van der Waals surface area contributed by atoms with Crippen LogP contribution in [0.15, 0.2) is 42.7 Å². The highest BCUT2D eigenvalue weighted by molar-refractivity contribution is 6.06. The fourth-order valence-corrected chi connectivity index (χ4v) is 2.90. The Morgan fingerprint density at radius 1 is 1.25 bits per heavy atom. The molecule has 1 atom stereocenters. The fraction of sp³-hybridized carbons (Fsp3) is 0.200. The summed E-state index contributed by atoms with van der Waals surface area (Å²) in [6.45, 7) is 3.58. The summed E-state index contributed by atoms with van der Waals surface area (Å²) in [5, 5.41) is 12.7. The van der Waals surface area contributed by atoms with Crippen LogP contribution in [-0.2, 0) is 0 Å². The number of pyridine rings is 2. The Balaban J connectivity index is 1.80. The zero-order chi connectivity index (χ0) is 20.3. The number of nitrogen functional groups attached to an aromatic ring is 1. The summed E-state index contributed by atoms with van der Waals surface area (Å²) in [6, 6.07) is 8.13. The van der Waals surface area contributed by atoms with Crippen LogP contribution in [0.5, 0.6) is 5.75 Å². The molecule has 3 rings (SSSR count). The summed E-state index contributed by atoms with van der Waals surface area (Å²) in [5.41, 5.74) is 7.57. The predicted molar refractivity (Wildman–Crippen MR) is 105 cm³/mol. The molecule has 0 bridgehead atoms. The van der Waals surface area contributed by atoms with Gasteiger partial charge in [-0.15, -0.1) is 0 Å². The number of benzene rings is 1. The lowest BCUT2D eigenvalue weighted by atomic mass is 10.1. The lowest BCUT2D eigenvalue weighted by Crippen LogP contribution is -2.36. The molecule has 8 heteroatoms. The van der Waals surface area contributed by atoms with E-state index in [1.54, 1.807) is 56.6 Å². The van der Waals surface area contributed by atoms with E-state index in [0.717, 1.165) is 0 Å². The fourth-order valence-electron chi connectivity index (χ4n) is 2.90. The van der Waals surface area contributed by atoms with Crippen molar-refractivity contribution >= 4 is 28.5 Å². The van der Waals surface area contributed by atoms with Crippen molar-refractivity contribution in [2.75, 3.05) is 12.3 Å². The summed E-state index contributed by atoms with van der Waals surface area (Å²) in [5.74, 6) is -0.964. The van der Waals surface area contributed by atoms with Gasteiger partial charge >= 0.3 is 5.97 Å². The smallest absolute Gasteiger partial charge is 0.339 e. The van der Waals surface area contributed by atoms with Gasteiger partial charge in [0.15, 0.2) is 0 Å². The van der Waals surface area contributed by atoms with E-state index < -0.39 is 5.97 Å². The van der Waals surface area contributed by atoms with E-state index in [0.29, 0.717) is 27.9 Å². The standard InChI is InChI=1S/C20H20N4O4/c1-11(23-19(25)13-6-8-22-9-7-13)10-28-15-5-3-4-14-17(15)18(21)16(20(26)27)12(2)24-14/h3-9,11H,10H2,1-2H3,(H2,21,24)(H,23,25)(H,26,27). The molecule has 2 aromatic heterocycles. The van der Waals surface area contributed by atoms with E-state index in [2.05, 4.69) is 15.3 Å². The Hall–Kier alpha value is -3.68. The maximum atomic E-state index is 12.2. The quantitative estimate of drug-likeness (QED) is 0.599. The highest BCUT2D eigenvalue weighted by Gasteiger charge is 2.19. The van der Waals surface area contributed by atoms with Crippen LogP contribution < -0.4 is 15.8 Å². The summed E-state index contributed by atoms with van der Waals surface area (Å²) >= 11 is 0. The molecule has 2 heterocycles.